The van der Waals surface area contributed by atoms with E-state index in [1.165, 1.54) is 78.5 Å². The minimum Gasteiger partial charge on any atom is -1.00 e. The molecule has 0 N–H and O–H groups in total. The SMILES string of the molecule is CCCc1cc2ccc(-c3cccc4cccnc34)cc2[cH-]1.CCCc1cc2ccc(-c3cccc4cccnc34)cc2[cH-]1.C[Si](C)=[Zr+2].[Cl-].[Cl-]. The fourth-order valence-corrected chi connectivity index (χ4v) is 6.42. The molecule has 6 heteroatoms. The predicted molar refractivity (Wildman–Crippen MR) is 206 cm³/mol. The number of aromatic nitrogens is 2. The Bertz CT molecular complexity index is 2170. The van der Waals surface area contributed by atoms with Gasteiger partial charge < -0.3 is 24.8 Å². The third-order valence-electron chi connectivity index (χ3n) is 8.50. The minimum absolute atomic E-state index is 0. The summed E-state index contributed by atoms with van der Waals surface area (Å²) < 4.78 is 0. The van der Waals surface area contributed by atoms with Gasteiger partial charge in [0.05, 0.1) is 11.0 Å². The molecule has 0 aliphatic rings. The monoisotopic (exact) mass is 786 g/mol. The zero-order valence-corrected chi connectivity index (χ0v) is 34.2. The number of benzene rings is 4. The van der Waals surface area contributed by atoms with Gasteiger partial charge in [0.2, 0.25) is 0 Å². The molecule has 0 saturated heterocycles. The van der Waals surface area contributed by atoms with Crippen LogP contribution in [0.4, 0.5) is 0 Å². The molecule has 0 fully saturated rings. The van der Waals surface area contributed by atoms with Crippen LogP contribution in [-0.2, 0) is 36.2 Å². The van der Waals surface area contributed by atoms with Crippen molar-refractivity contribution in [2.24, 2.45) is 0 Å². The topological polar surface area (TPSA) is 25.8 Å². The molecule has 0 aliphatic carbocycles. The van der Waals surface area contributed by atoms with Crippen molar-refractivity contribution in [1.82, 2.24) is 9.97 Å². The van der Waals surface area contributed by atoms with Crippen LogP contribution in [0.15, 0.2) is 134 Å². The Morgan fingerprint density at radius 1 is 0.540 bits per heavy atom. The normalized spacial score (nSPS) is 10.5. The fourth-order valence-electron chi connectivity index (χ4n) is 6.42. The first-order chi connectivity index (χ1) is 23.4. The molecule has 8 rings (SSSR count). The number of aryl methyl sites for hydroxylation is 2. The fraction of sp³-hybridized carbons (Fsp3) is 0.182. The molecular formula is C44H42Cl2N2SiZr-2. The Morgan fingerprint density at radius 3 is 1.34 bits per heavy atom. The van der Waals surface area contributed by atoms with Gasteiger partial charge in [0.1, 0.15) is 0 Å². The molecular weight excluding hydrogens is 747 g/mol. The zero-order chi connectivity index (χ0) is 33.5. The van der Waals surface area contributed by atoms with Gasteiger partial charge >= 0.3 is 41.9 Å². The molecule has 2 heterocycles. The van der Waals surface area contributed by atoms with Crippen LogP contribution < -0.4 is 24.8 Å². The van der Waals surface area contributed by atoms with Gasteiger partial charge in [-0.1, -0.05) is 98.5 Å². The van der Waals surface area contributed by atoms with E-state index in [1.807, 2.05) is 24.5 Å². The van der Waals surface area contributed by atoms with Crippen molar-refractivity contribution in [2.45, 2.75) is 52.6 Å². The number of rotatable bonds is 6. The first-order valence-corrected chi connectivity index (χ1v) is 23.2. The number of para-hydroxylation sites is 2. The van der Waals surface area contributed by atoms with Crippen molar-refractivity contribution >= 4 is 48.8 Å². The summed E-state index contributed by atoms with van der Waals surface area (Å²) in [6.07, 6.45) is 8.42. The summed E-state index contributed by atoms with van der Waals surface area (Å²) in [5, 5.41) is 7.70. The Hall–Kier alpha value is -3.40. The van der Waals surface area contributed by atoms with Crippen LogP contribution in [0.5, 0.6) is 0 Å². The van der Waals surface area contributed by atoms with E-state index in [0.29, 0.717) is 0 Å². The number of hydrogen-bond acceptors (Lipinski definition) is 2. The van der Waals surface area contributed by atoms with Gasteiger partial charge in [0, 0.05) is 23.2 Å². The van der Waals surface area contributed by atoms with Crippen LogP contribution >= 0.6 is 0 Å². The predicted octanol–water partition coefficient (Wildman–Crippen LogP) is 6.25. The van der Waals surface area contributed by atoms with Crippen molar-refractivity contribution in [3.63, 3.8) is 0 Å². The molecule has 0 spiro atoms. The molecule has 50 heavy (non-hydrogen) atoms. The molecule has 2 aromatic heterocycles. The maximum Gasteiger partial charge on any atom is -1.00 e. The van der Waals surface area contributed by atoms with Gasteiger partial charge in [-0.3, -0.25) is 9.97 Å². The van der Waals surface area contributed by atoms with Crippen molar-refractivity contribution in [2.75, 3.05) is 0 Å². The molecule has 252 valence electrons. The second-order valence-electron chi connectivity index (χ2n) is 12.7. The standard InChI is InChI=1S/2C21H18N.C2H6Si.2ClH.Zr/c2*1-2-5-15-12-17-9-10-18(14-19(17)13-15)20-8-3-6-16-7-4-11-22-21(16)20;1-3-2;;;/h2*3-4,6-14H,2,5H2,1H3;1-2H3;2*1H;/q2*-1;;;;+2/p-2. The first kappa shape index (κ1) is 39.4. The number of pyridine rings is 2. The Kier molecular flexibility index (Phi) is 14.8. The van der Waals surface area contributed by atoms with Crippen LogP contribution in [0.3, 0.4) is 0 Å². The zero-order valence-electron chi connectivity index (χ0n) is 29.2. The molecule has 6 aromatic carbocycles. The van der Waals surface area contributed by atoms with Crippen LogP contribution in [-0.4, -0.2) is 15.4 Å². The molecule has 0 bridgehead atoms. The molecule has 0 atom stereocenters. The Labute approximate surface area is 324 Å². The minimum atomic E-state index is 0. The van der Waals surface area contributed by atoms with E-state index < -0.39 is 0 Å². The molecule has 0 radical (unpaired) electrons. The van der Waals surface area contributed by atoms with Crippen LogP contribution in [0.1, 0.15) is 37.8 Å². The van der Waals surface area contributed by atoms with Crippen molar-refractivity contribution < 1.29 is 48.1 Å². The number of nitrogens with zero attached hydrogens (tertiary/aromatic N) is 2. The number of halogens is 2. The summed E-state index contributed by atoms with van der Waals surface area (Å²) in [4.78, 5) is 9.14. The van der Waals surface area contributed by atoms with Crippen LogP contribution in [0.2, 0.25) is 13.1 Å². The first-order valence-electron chi connectivity index (χ1n) is 17.0. The third kappa shape index (κ3) is 9.47. The number of fused-ring (bicyclic) bond motifs is 4. The summed E-state index contributed by atoms with van der Waals surface area (Å²) in [7, 11) is 0. The molecule has 0 amide bonds. The van der Waals surface area contributed by atoms with Gasteiger partial charge in [0.15, 0.2) is 0 Å². The van der Waals surface area contributed by atoms with E-state index in [-0.39, 0.29) is 30.2 Å². The third-order valence-corrected chi connectivity index (χ3v) is 8.50. The van der Waals surface area contributed by atoms with Gasteiger partial charge in [-0.25, -0.2) is 0 Å². The second kappa shape index (κ2) is 18.7. The average molecular weight is 789 g/mol. The summed E-state index contributed by atoms with van der Waals surface area (Å²) in [5.74, 6) is 0. The Balaban J connectivity index is 0.000000196. The molecule has 0 unspecified atom stereocenters. The maximum atomic E-state index is 4.57. The van der Waals surface area contributed by atoms with E-state index in [0.717, 1.165) is 23.9 Å². The van der Waals surface area contributed by atoms with Crippen molar-refractivity contribution in [3.05, 3.63) is 145 Å². The van der Waals surface area contributed by atoms with E-state index in [1.54, 1.807) is 23.3 Å². The molecule has 0 aliphatic heterocycles. The molecule has 0 saturated carbocycles. The smallest absolute Gasteiger partial charge is 1.00 e. The van der Waals surface area contributed by atoms with Crippen LogP contribution in [0, 0.1) is 0 Å². The summed E-state index contributed by atoms with van der Waals surface area (Å²) in [6.45, 7) is 9.07. The average Bonchev–Trinajstić information content (AvgIpc) is 3.70. The molecule has 2 nitrogen and oxygen atoms in total. The van der Waals surface area contributed by atoms with E-state index in [9.17, 15) is 0 Å². The largest absolute Gasteiger partial charge is 1.00 e. The quantitative estimate of drug-likeness (QED) is 0.147. The van der Waals surface area contributed by atoms with Crippen molar-refractivity contribution in [1.29, 1.82) is 0 Å². The summed E-state index contributed by atoms with van der Waals surface area (Å²) >= 11 is 1.74. The van der Waals surface area contributed by atoms with E-state index >= 15 is 0 Å². The van der Waals surface area contributed by atoms with E-state index in [2.05, 4.69) is 146 Å². The maximum absolute atomic E-state index is 4.57. The Morgan fingerprint density at radius 2 is 0.940 bits per heavy atom. The summed E-state index contributed by atoms with van der Waals surface area (Å²) in [5.41, 5.74) is 10.1. The van der Waals surface area contributed by atoms with Crippen molar-refractivity contribution in [3.8, 4) is 22.3 Å². The number of hydrogen-bond donors (Lipinski definition) is 0. The molecule has 8 aromatic rings. The summed E-state index contributed by atoms with van der Waals surface area (Å²) in [6, 6.07) is 43.7. The van der Waals surface area contributed by atoms with E-state index in [4.69, 9.17) is 0 Å². The van der Waals surface area contributed by atoms with Gasteiger partial charge in [-0.2, -0.15) is 12.1 Å². The van der Waals surface area contributed by atoms with Gasteiger partial charge in [-0.05, 0) is 36.1 Å². The second-order valence-corrected chi connectivity index (χ2v) is 22.1. The van der Waals surface area contributed by atoms with Gasteiger partial charge in [0.25, 0.3) is 0 Å². The van der Waals surface area contributed by atoms with Crippen LogP contribution in [0.25, 0.3) is 65.6 Å². The van der Waals surface area contributed by atoms with Gasteiger partial charge in [-0.15, -0.1) is 69.1 Å².